The molecule has 2 aliphatic heterocycles. The Labute approximate surface area is 204 Å². The maximum atomic E-state index is 14.1. The molecule has 3 fully saturated rings. The van der Waals surface area contributed by atoms with E-state index in [1.54, 1.807) is 4.57 Å². The average Bonchev–Trinajstić information content (AvgIpc) is 3.25. The Morgan fingerprint density at radius 1 is 1.14 bits per heavy atom. The van der Waals surface area contributed by atoms with Crippen LogP contribution in [-0.4, -0.2) is 44.4 Å². The first-order valence-electron chi connectivity index (χ1n) is 12.9. The minimum atomic E-state index is -0.365. The zero-order chi connectivity index (χ0) is 24.3. The van der Waals surface area contributed by atoms with Gasteiger partial charge in [-0.3, -0.25) is 13.9 Å². The standard InChI is InChI=1S/C27H34N6O2/c1-17(2)11-13-31-23-24(29-26(31)30-14-12-20-15-28-16-22(20)30)33(21-9-10-21)27(35)32(25(23)34)18(3)19-7-5-4-6-8-19/h4-8,11,18,20-22,28H,9-10,12-16H2,1-3H3. The van der Waals surface area contributed by atoms with E-state index in [1.165, 1.54) is 10.1 Å². The Morgan fingerprint density at radius 2 is 1.91 bits per heavy atom. The zero-order valence-electron chi connectivity index (χ0n) is 20.8. The fraction of sp³-hybridized carbons (Fsp3) is 0.519. The predicted molar refractivity (Wildman–Crippen MR) is 138 cm³/mol. The van der Waals surface area contributed by atoms with Crippen LogP contribution in [0.5, 0.6) is 0 Å². The maximum Gasteiger partial charge on any atom is 0.333 e. The van der Waals surface area contributed by atoms with Crippen LogP contribution in [-0.2, 0) is 6.54 Å². The highest BCUT2D eigenvalue weighted by atomic mass is 16.2. The molecule has 2 aromatic heterocycles. The Morgan fingerprint density at radius 3 is 2.63 bits per heavy atom. The van der Waals surface area contributed by atoms with E-state index in [4.69, 9.17) is 4.98 Å². The Kier molecular flexibility index (Phi) is 5.44. The largest absolute Gasteiger partial charge is 0.338 e. The van der Waals surface area contributed by atoms with Crippen molar-refractivity contribution in [3.63, 3.8) is 0 Å². The summed E-state index contributed by atoms with van der Waals surface area (Å²) in [6.07, 6.45) is 5.15. The summed E-state index contributed by atoms with van der Waals surface area (Å²) in [6, 6.07) is 9.93. The van der Waals surface area contributed by atoms with Gasteiger partial charge >= 0.3 is 5.69 Å². The highest BCUT2D eigenvalue weighted by Gasteiger charge is 2.41. The van der Waals surface area contributed by atoms with Gasteiger partial charge in [0.15, 0.2) is 11.2 Å². The van der Waals surface area contributed by atoms with E-state index in [0.717, 1.165) is 50.4 Å². The number of hydrogen-bond donors (Lipinski definition) is 1. The van der Waals surface area contributed by atoms with Crippen LogP contribution in [0.25, 0.3) is 11.2 Å². The number of imidazole rings is 1. The molecule has 1 aliphatic carbocycles. The molecule has 0 bridgehead atoms. The summed E-state index contributed by atoms with van der Waals surface area (Å²) in [6.45, 7) is 9.53. The number of allylic oxidation sites excluding steroid dienone is 2. The van der Waals surface area contributed by atoms with Crippen molar-refractivity contribution < 1.29 is 0 Å². The SMILES string of the molecule is CC(C)=CCn1c(N2CCC3CNCC32)nc2c1c(=O)n(C(C)c1ccccc1)c(=O)n2C1CC1. The second-order valence-electron chi connectivity index (χ2n) is 10.6. The summed E-state index contributed by atoms with van der Waals surface area (Å²) in [7, 11) is 0. The number of hydrogen-bond acceptors (Lipinski definition) is 5. The van der Waals surface area contributed by atoms with Gasteiger partial charge in [-0.1, -0.05) is 42.0 Å². The van der Waals surface area contributed by atoms with Gasteiger partial charge in [0.25, 0.3) is 5.56 Å². The van der Waals surface area contributed by atoms with Crippen LogP contribution in [0.4, 0.5) is 5.95 Å². The van der Waals surface area contributed by atoms with Crippen LogP contribution in [0.2, 0.25) is 0 Å². The molecule has 0 spiro atoms. The minimum Gasteiger partial charge on any atom is -0.338 e. The van der Waals surface area contributed by atoms with Crippen molar-refractivity contribution >= 4 is 17.1 Å². The van der Waals surface area contributed by atoms with Crippen LogP contribution in [0.3, 0.4) is 0 Å². The molecule has 1 N–H and O–H groups in total. The van der Waals surface area contributed by atoms with E-state index in [9.17, 15) is 9.59 Å². The van der Waals surface area contributed by atoms with E-state index in [1.807, 2.05) is 37.3 Å². The maximum absolute atomic E-state index is 14.1. The van der Waals surface area contributed by atoms with Crippen LogP contribution in [0, 0.1) is 5.92 Å². The quantitative estimate of drug-likeness (QED) is 0.556. The van der Waals surface area contributed by atoms with Gasteiger partial charge in [-0.25, -0.2) is 4.79 Å². The van der Waals surface area contributed by atoms with E-state index in [2.05, 4.69) is 34.7 Å². The lowest BCUT2D eigenvalue weighted by Gasteiger charge is -2.25. The van der Waals surface area contributed by atoms with Gasteiger partial charge in [0.2, 0.25) is 5.95 Å². The van der Waals surface area contributed by atoms with Gasteiger partial charge in [0.1, 0.15) is 0 Å². The molecule has 2 saturated heterocycles. The molecule has 3 unspecified atom stereocenters. The fourth-order valence-electron chi connectivity index (χ4n) is 5.86. The molecule has 6 rings (SSSR count). The number of anilines is 1. The number of benzene rings is 1. The molecule has 8 nitrogen and oxygen atoms in total. The zero-order valence-corrected chi connectivity index (χ0v) is 20.8. The molecule has 3 aromatic rings. The molecule has 8 heteroatoms. The summed E-state index contributed by atoms with van der Waals surface area (Å²) in [5, 5.41) is 3.52. The summed E-state index contributed by atoms with van der Waals surface area (Å²) in [5.74, 6) is 1.43. The molecule has 4 heterocycles. The third kappa shape index (κ3) is 3.66. The molecule has 35 heavy (non-hydrogen) atoms. The summed E-state index contributed by atoms with van der Waals surface area (Å²) >= 11 is 0. The monoisotopic (exact) mass is 474 g/mol. The highest BCUT2D eigenvalue weighted by molar-refractivity contribution is 5.75. The molecule has 1 aromatic carbocycles. The van der Waals surface area contributed by atoms with Gasteiger partial charge in [-0.15, -0.1) is 0 Å². The Bertz CT molecular complexity index is 1410. The van der Waals surface area contributed by atoms with E-state index in [-0.39, 0.29) is 23.3 Å². The number of nitrogens with one attached hydrogen (secondary N) is 1. The summed E-state index contributed by atoms with van der Waals surface area (Å²) < 4.78 is 5.32. The molecular weight excluding hydrogens is 440 g/mol. The van der Waals surface area contributed by atoms with Crippen LogP contribution < -0.4 is 21.5 Å². The van der Waals surface area contributed by atoms with E-state index >= 15 is 0 Å². The second kappa shape index (κ2) is 8.52. The van der Waals surface area contributed by atoms with Gasteiger partial charge in [0, 0.05) is 38.3 Å². The Hall–Kier alpha value is -3.13. The van der Waals surface area contributed by atoms with Crippen molar-refractivity contribution in [3.8, 4) is 0 Å². The molecule has 3 aliphatic rings. The first-order chi connectivity index (χ1) is 17.0. The molecular formula is C27H34N6O2. The second-order valence-corrected chi connectivity index (χ2v) is 10.6. The van der Waals surface area contributed by atoms with Crippen molar-refractivity contribution in [1.29, 1.82) is 0 Å². The van der Waals surface area contributed by atoms with Crippen LogP contribution >= 0.6 is 0 Å². The van der Waals surface area contributed by atoms with Gasteiger partial charge in [-0.2, -0.15) is 4.98 Å². The Balaban J connectivity index is 1.62. The van der Waals surface area contributed by atoms with Gasteiger partial charge < -0.3 is 14.8 Å². The third-order valence-corrected chi connectivity index (χ3v) is 7.96. The lowest BCUT2D eigenvalue weighted by molar-refractivity contribution is 0.538. The third-order valence-electron chi connectivity index (χ3n) is 7.96. The lowest BCUT2D eigenvalue weighted by Crippen LogP contribution is -2.42. The summed E-state index contributed by atoms with van der Waals surface area (Å²) in [5.41, 5.74) is 2.73. The average molecular weight is 475 g/mol. The van der Waals surface area contributed by atoms with Crippen molar-refractivity contribution in [2.45, 2.75) is 64.7 Å². The molecule has 1 saturated carbocycles. The van der Waals surface area contributed by atoms with Crippen molar-refractivity contribution in [3.05, 3.63) is 68.4 Å². The van der Waals surface area contributed by atoms with Crippen molar-refractivity contribution in [2.24, 2.45) is 5.92 Å². The fourth-order valence-corrected chi connectivity index (χ4v) is 5.86. The lowest BCUT2D eigenvalue weighted by atomic mass is 10.1. The number of fused-ring (bicyclic) bond motifs is 2. The molecule has 184 valence electrons. The van der Waals surface area contributed by atoms with Crippen molar-refractivity contribution in [1.82, 2.24) is 24.0 Å². The molecule has 0 radical (unpaired) electrons. The topological polar surface area (TPSA) is 77.1 Å². The summed E-state index contributed by atoms with van der Waals surface area (Å²) in [4.78, 5) is 35.4. The first kappa shape index (κ1) is 22.3. The minimum absolute atomic E-state index is 0.110. The highest BCUT2D eigenvalue weighted by Crippen LogP contribution is 2.37. The molecule has 3 atom stereocenters. The van der Waals surface area contributed by atoms with E-state index < -0.39 is 0 Å². The van der Waals surface area contributed by atoms with E-state index in [0.29, 0.717) is 29.7 Å². The number of nitrogens with zero attached hydrogens (tertiary/aromatic N) is 5. The van der Waals surface area contributed by atoms with Gasteiger partial charge in [0.05, 0.1) is 6.04 Å². The van der Waals surface area contributed by atoms with Gasteiger partial charge in [-0.05, 0) is 51.5 Å². The normalized spacial score (nSPS) is 22.5. The number of rotatable bonds is 6. The number of aromatic nitrogens is 4. The van der Waals surface area contributed by atoms with Crippen LogP contribution in [0.1, 0.15) is 57.7 Å². The van der Waals surface area contributed by atoms with Crippen molar-refractivity contribution in [2.75, 3.05) is 24.5 Å². The smallest absolute Gasteiger partial charge is 0.333 e. The van der Waals surface area contributed by atoms with Crippen LogP contribution in [0.15, 0.2) is 51.6 Å². The molecule has 0 amide bonds. The predicted octanol–water partition coefficient (Wildman–Crippen LogP) is 3.07. The first-order valence-corrected chi connectivity index (χ1v) is 12.9.